The standard InChI is InChI=1S/C10H13N3O/c1-13(2)8-12-11-7-9-5-3-4-6-10(9)14/h3-8,14H,1-2H3/b11-7+,12-8+. The van der Waals surface area contributed by atoms with Crippen LogP contribution in [0.5, 0.6) is 5.75 Å². The highest BCUT2D eigenvalue weighted by molar-refractivity contribution is 5.83. The van der Waals surface area contributed by atoms with Gasteiger partial charge in [-0.05, 0) is 12.1 Å². The fourth-order valence-electron chi connectivity index (χ4n) is 0.825. The molecule has 0 aliphatic carbocycles. The van der Waals surface area contributed by atoms with Gasteiger partial charge in [-0.3, -0.25) is 0 Å². The second-order valence-corrected chi connectivity index (χ2v) is 3.00. The van der Waals surface area contributed by atoms with Crippen LogP contribution in [0.25, 0.3) is 0 Å². The van der Waals surface area contributed by atoms with Gasteiger partial charge < -0.3 is 10.0 Å². The van der Waals surface area contributed by atoms with Crippen LogP contribution >= 0.6 is 0 Å². The molecular formula is C10H13N3O. The first-order valence-electron chi connectivity index (χ1n) is 4.21. The first-order chi connectivity index (χ1) is 6.70. The molecule has 74 valence electrons. The fraction of sp³-hybridized carbons (Fsp3) is 0.200. The summed E-state index contributed by atoms with van der Waals surface area (Å²) in [4.78, 5) is 1.78. The van der Waals surface area contributed by atoms with Gasteiger partial charge in [-0.2, -0.15) is 5.10 Å². The number of phenols is 1. The van der Waals surface area contributed by atoms with Crippen LogP contribution in [0.3, 0.4) is 0 Å². The molecule has 14 heavy (non-hydrogen) atoms. The van der Waals surface area contributed by atoms with Gasteiger partial charge in [0.05, 0.1) is 6.21 Å². The minimum Gasteiger partial charge on any atom is -0.507 e. The number of rotatable bonds is 3. The van der Waals surface area contributed by atoms with E-state index in [0.717, 1.165) is 0 Å². The van der Waals surface area contributed by atoms with Crippen molar-refractivity contribution in [3.8, 4) is 5.75 Å². The minimum atomic E-state index is 0.205. The van der Waals surface area contributed by atoms with E-state index in [4.69, 9.17) is 0 Å². The molecule has 4 heteroatoms. The molecule has 0 fully saturated rings. The van der Waals surface area contributed by atoms with Crippen molar-refractivity contribution in [2.45, 2.75) is 0 Å². The normalized spacial score (nSPS) is 11.3. The van der Waals surface area contributed by atoms with Crippen molar-refractivity contribution in [2.24, 2.45) is 10.2 Å². The molecule has 0 saturated heterocycles. The Kier molecular flexibility index (Phi) is 3.67. The van der Waals surface area contributed by atoms with Crippen LogP contribution in [0.2, 0.25) is 0 Å². The molecule has 0 saturated carbocycles. The van der Waals surface area contributed by atoms with Crippen molar-refractivity contribution >= 4 is 12.6 Å². The van der Waals surface area contributed by atoms with E-state index in [9.17, 15) is 5.11 Å². The SMILES string of the molecule is CN(C)/C=N/N=C/c1ccccc1O. The van der Waals surface area contributed by atoms with Gasteiger partial charge in [0.15, 0.2) is 0 Å². The highest BCUT2D eigenvalue weighted by Gasteiger charge is 1.93. The third kappa shape index (κ3) is 3.26. The van der Waals surface area contributed by atoms with Gasteiger partial charge in [0.1, 0.15) is 12.1 Å². The number of benzene rings is 1. The van der Waals surface area contributed by atoms with Crippen LogP contribution in [-0.4, -0.2) is 36.7 Å². The lowest BCUT2D eigenvalue weighted by molar-refractivity contribution is 0.474. The van der Waals surface area contributed by atoms with Crippen LogP contribution in [-0.2, 0) is 0 Å². The molecule has 0 radical (unpaired) electrons. The predicted molar refractivity (Wildman–Crippen MR) is 57.9 cm³/mol. The quantitative estimate of drug-likeness (QED) is 0.445. The Balaban J connectivity index is 2.65. The molecular weight excluding hydrogens is 178 g/mol. The average molecular weight is 191 g/mol. The average Bonchev–Trinajstić information content (AvgIpc) is 2.15. The van der Waals surface area contributed by atoms with Gasteiger partial charge in [-0.15, -0.1) is 5.10 Å². The molecule has 0 aliphatic rings. The molecule has 0 amide bonds. The third-order valence-electron chi connectivity index (χ3n) is 1.48. The summed E-state index contributed by atoms with van der Waals surface area (Å²) in [6, 6.07) is 6.97. The molecule has 4 nitrogen and oxygen atoms in total. The lowest BCUT2D eigenvalue weighted by atomic mass is 10.2. The van der Waals surface area contributed by atoms with Gasteiger partial charge in [0.25, 0.3) is 0 Å². The summed E-state index contributed by atoms with van der Waals surface area (Å²) in [7, 11) is 3.72. The van der Waals surface area contributed by atoms with Crippen LogP contribution < -0.4 is 0 Å². The molecule has 1 aromatic carbocycles. The molecule has 0 aliphatic heterocycles. The Labute approximate surface area is 83.2 Å². The van der Waals surface area contributed by atoms with Crippen molar-refractivity contribution in [3.05, 3.63) is 29.8 Å². The minimum absolute atomic E-state index is 0.205. The van der Waals surface area contributed by atoms with Crippen molar-refractivity contribution in [2.75, 3.05) is 14.1 Å². The van der Waals surface area contributed by atoms with Crippen molar-refractivity contribution < 1.29 is 5.11 Å². The molecule has 0 atom stereocenters. The molecule has 0 heterocycles. The Morgan fingerprint density at radius 2 is 1.93 bits per heavy atom. The van der Waals surface area contributed by atoms with E-state index in [2.05, 4.69) is 10.2 Å². The van der Waals surface area contributed by atoms with E-state index < -0.39 is 0 Å². The second kappa shape index (κ2) is 5.01. The van der Waals surface area contributed by atoms with E-state index in [1.807, 2.05) is 20.2 Å². The van der Waals surface area contributed by atoms with Gasteiger partial charge in [0.2, 0.25) is 0 Å². The largest absolute Gasteiger partial charge is 0.507 e. The number of para-hydroxylation sites is 1. The molecule has 0 aromatic heterocycles. The number of phenolic OH excluding ortho intramolecular Hbond substituents is 1. The third-order valence-corrected chi connectivity index (χ3v) is 1.48. The first-order valence-corrected chi connectivity index (χ1v) is 4.21. The zero-order chi connectivity index (χ0) is 10.4. The zero-order valence-corrected chi connectivity index (χ0v) is 8.25. The maximum atomic E-state index is 9.37. The monoisotopic (exact) mass is 191 g/mol. The molecule has 1 rings (SSSR count). The summed E-state index contributed by atoms with van der Waals surface area (Å²) in [6.45, 7) is 0. The number of aromatic hydroxyl groups is 1. The lowest BCUT2D eigenvalue weighted by Crippen LogP contribution is -2.06. The number of hydrogen-bond acceptors (Lipinski definition) is 3. The van der Waals surface area contributed by atoms with Gasteiger partial charge >= 0.3 is 0 Å². The van der Waals surface area contributed by atoms with Gasteiger partial charge in [-0.25, -0.2) is 0 Å². The summed E-state index contributed by atoms with van der Waals surface area (Å²) in [5, 5.41) is 16.9. The van der Waals surface area contributed by atoms with Crippen molar-refractivity contribution in [1.82, 2.24) is 4.90 Å². The molecule has 1 N–H and O–H groups in total. The summed E-state index contributed by atoms with van der Waals surface area (Å²) < 4.78 is 0. The van der Waals surface area contributed by atoms with Gasteiger partial charge in [-0.1, -0.05) is 12.1 Å². The summed E-state index contributed by atoms with van der Waals surface area (Å²) in [6.07, 6.45) is 3.09. The Morgan fingerprint density at radius 3 is 2.57 bits per heavy atom. The summed E-state index contributed by atoms with van der Waals surface area (Å²) >= 11 is 0. The van der Waals surface area contributed by atoms with Crippen molar-refractivity contribution in [1.29, 1.82) is 0 Å². The van der Waals surface area contributed by atoms with Crippen LogP contribution in [0, 0.1) is 0 Å². The molecule has 0 bridgehead atoms. The van der Waals surface area contributed by atoms with E-state index in [1.165, 1.54) is 6.21 Å². The second-order valence-electron chi connectivity index (χ2n) is 3.00. The molecule has 0 spiro atoms. The van der Waals surface area contributed by atoms with Crippen LogP contribution in [0.1, 0.15) is 5.56 Å². The fourth-order valence-corrected chi connectivity index (χ4v) is 0.825. The highest BCUT2D eigenvalue weighted by Crippen LogP contribution is 2.12. The van der Waals surface area contributed by atoms with E-state index >= 15 is 0 Å². The van der Waals surface area contributed by atoms with Gasteiger partial charge in [0, 0.05) is 19.7 Å². The van der Waals surface area contributed by atoms with E-state index in [1.54, 1.807) is 29.4 Å². The highest BCUT2D eigenvalue weighted by atomic mass is 16.3. The van der Waals surface area contributed by atoms with E-state index in [-0.39, 0.29) is 5.75 Å². The zero-order valence-electron chi connectivity index (χ0n) is 8.25. The first kappa shape index (κ1) is 10.2. The van der Waals surface area contributed by atoms with E-state index in [0.29, 0.717) is 5.56 Å². The maximum absolute atomic E-state index is 9.37. The summed E-state index contributed by atoms with van der Waals surface area (Å²) in [5.41, 5.74) is 0.656. The Morgan fingerprint density at radius 1 is 1.21 bits per heavy atom. The topological polar surface area (TPSA) is 48.2 Å². The van der Waals surface area contributed by atoms with Crippen LogP contribution in [0.4, 0.5) is 0 Å². The maximum Gasteiger partial charge on any atom is 0.124 e. The van der Waals surface area contributed by atoms with Crippen LogP contribution in [0.15, 0.2) is 34.5 Å². The Hall–Kier alpha value is -1.84. The molecule has 0 unspecified atom stereocenters. The van der Waals surface area contributed by atoms with Crippen molar-refractivity contribution in [3.63, 3.8) is 0 Å². The predicted octanol–water partition coefficient (Wildman–Crippen LogP) is 1.32. The summed E-state index contributed by atoms with van der Waals surface area (Å²) in [5.74, 6) is 0.205. The number of hydrogen-bond donors (Lipinski definition) is 1. The smallest absolute Gasteiger partial charge is 0.124 e. The molecule has 1 aromatic rings. The number of nitrogens with zero attached hydrogens (tertiary/aromatic N) is 3. The lowest BCUT2D eigenvalue weighted by Gasteiger charge is -1.99. The Bertz CT molecular complexity index is 345.